The Morgan fingerprint density at radius 2 is 2.35 bits per heavy atom. The number of methoxy groups -OCH3 is 1. The van der Waals surface area contributed by atoms with Crippen molar-refractivity contribution in [3.63, 3.8) is 0 Å². The van der Waals surface area contributed by atoms with Gasteiger partial charge in [-0.2, -0.15) is 0 Å². The Morgan fingerprint density at radius 3 is 3.15 bits per heavy atom. The lowest BCUT2D eigenvalue weighted by Crippen LogP contribution is -2.33. The average molecular weight is 272 g/mol. The fraction of sp³-hybridized carbons (Fsp3) is 0.467. The van der Waals surface area contributed by atoms with Crippen LogP contribution < -0.4 is 10.1 Å². The molecule has 1 saturated carbocycles. The molecule has 0 spiro atoms. The molecule has 5 heteroatoms. The highest BCUT2D eigenvalue weighted by atomic mass is 16.5. The molecule has 2 atom stereocenters. The van der Waals surface area contributed by atoms with Gasteiger partial charge in [0.25, 0.3) is 0 Å². The van der Waals surface area contributed by atoms with Crippen LogP contribution in [-0.2, 0) is 6.54 Å². The van der Waals surface area contributed by atoms with Crippen molar-refractivity contribution in [1.29, 1.82) is 0 Å². The van der Waals surface area contributed by atoms with Crippen molar-refractivity contribution in [1.82, 2.24) is 19.9 Å². The minimum absolute atomic E-state index is 0.484. The second-order valence-corrected chi connectivity index (χ2v) is 5.17. The van der Waals surface area contributed by atoms with E-state index in [1.165, 1.54) is 19.3 Å². The Balaban J connectivity index is 1.62. The van der Waals surface area contributed by atoms with E-state index in [2.05, 4.69) is 26.0 Å². The number of nitrogens with one attached hydrogen (secondary N) is 1. The SMILES string of the molecule is COc1cccc(CNC2CCCC2n2ccnc2)n1. The molecule has 106 valence electrons. The zero-order valence-corrected chi connectivity index (χ0v) is 11.7. The van der Waals surface area contributed by atoms with Crippen molar-refractivity contribution in [2.24, 2.45) is 0 Å². The van der Waals surface area contributed by atoms with Crippen molar-refractivity contribution in [2.75, 3.05) is 7.11 Å². The Kier molecular flexibility index (Phi) is 3.97. The predicted octanol–water partition coefficient (Wildman–Crippen LogP) is 2.17. The first-order valence-corrected chi connectivity index (χ1v) is 7.07. The van der Waals surface area contributed by atoms with Crippen molar-refractivity contribution in [3.8, 4) is 5.88 Å². The van der Waals surface area contributed by atoms with Crippen molar-refractivity contribution >= 4 is 0 Å². The minimum Gasteiger partial charge on any atom is -0.481 e. The highest BCUT2D eigenvalue weighted by molar-refractivity contribution is 5.15. The van der Waals surface area contributed by atoms with Crippen LogP contribution in [-0.4, -0.2) is 27.7 Å². The molecule has 1 aliphatic rings. The summed E-state index contributed by atoms with van der Waals surface area (Å²) in [5.41, 5.74) is 1.01. The summed E-state index contributed by atoms with van der Waals surface area (Å²) in [6.07, 6.45) is 9.47. The molecule has 0 aliphatic heterocycles. The van der Waals surface area contributed by atoms with E-state index < -0.39 is 0 Å². The molecule has 2 aromatic heterocycles. The molecule has 20 heavy (non-hydrogen) atoms. The van der Waals surface area contributed by atoms with Gasteiger partial charge in [0.2, 0.25) is 5.88 Å². The second kappa shape index (κ2) is 6.05. The summed E-state index contributed by atoms with van der Waals surface area (Å²) in [5.74, 6) is 0.668. The van der Waals surface area contributed by atoms with E-state index >= 15 is 0 Å². The Morgan fingerprint density at radius 1 is 1.40 bits per heavy atom. The molecule has 0 radical (unpaired) electrons. The van der Waals surface area contributed by atoms with E-state index in [4.69, 9.17) is 4.74 Å². The van der Waals surface area contributed by atoms with Crippen LogP contribution in [0.4, 0.5) is 0 Å². The van der Waals surface area contributed by atoms with Gasteiger partial charge in [0.05, 0.1) is 19.1 Å². The monoisotopic (exact) mass is 272 g/mol. The molecule has 0 amide bonds. The van der Waals surface area contributed by atoms with Gasteiger partial charge in [-0.15, -0.1) is 0 Å². The molecule has 0 bridgehead atoms. The van der Waals surface area contributed by atoms with Crippen molar-refractivity contribution in [2.45, 2.75) is 37.9 Å². The van der Waals surface area contributed by atoms with E-state index in [1.54, 1.807) is 7.11 Å². The first kappa shape index (κ1) is 13.1. The van der Waals surface area contributed by atoms with E-state index in [9.17, 15) is 0 Å². The van der Waals surface area contributed by atoms with Crippen LogP contribution in [0, 0.1) is 0 Å². The summed E-state index contributed by atoms with van der Waals surface area (Å²) >= 11 is 0. The first-order valence-electron chi connectivity index (χ1n) is 7.07. The van der Waals surface area contributed by atoms with Crippen LogP contribution in [0.5, 0.6) is 5.88 Å². The highest BCUT2D eigenvalue weighted by Gasteiger charge is 2.27. The van der Waals surface area contributed by atoms with Crippen LogP contribution in [0.25, 0.3) is 0 Å². The van der Waals surface area contributed by atoms with E-state index in [-0.39, 0.29) is 0 Å². The number of aromatic nitrogens is 3. The summed E-state index contributed by atoms with van der Waals surface area (Å²) < 4.78 is 7.37. The van der Waals surface area contributed by atoms with E-state index in [1.807, 2.05) is 30.7 Å². The molecule has 1 fully saturated rings. The van der Waals surface area contributed by atoms with Crippen LogP contribution in [0.2, 0.25) is 0 Å². The molecule has 5 nitrogen and oxygen atoms in total. The number of hydrogen-bond donors (Lipinski definition) is 1. The molecular weight excluding hydrogens is 252 g/mol. The topological polar surface area (TPSA) is 52.0 Å². The van der Waals surface area contributed by atoms with Gasteiger partial charge in [-0.05, 0) is 25.3 Å². The smallest absolute Gasteiger partial charge is 0.213 e. The third-order valence-electron chi connectivity index (χ3n) is 3.92. The summed E-state index contributed by atoms with van der Waals surface area (Å²) in [6, 6.07) is 6.86. The number of imidazole rings is 1. The predicted molar refractivity (Wildman–Crippen MR) is 76.5 cm³/mol. The van der Waals surface area contributed by atoms with Gasteiger partial charge in [-0.3, -0.25) is 0 Å². The van der Waals surface area contributed by atoms with Gasteiger partial charge in [0.15, 0.2) is 0 Å². The van der Waals surface area contributed by atoms with Gasteiger partial charge in [0.1, 0.15) is 0 Å². The zero-order valence-electron chi connectivity index (χ0n) is 11.7. The zero-order chi connectivity index (χ0) is 13.8. The Labute approximate surface area is 119 Å². The number of rotatable bonds is 5. The first-order chi connectivity index (χ1) is 9.86. The fourth-order valence-electron chi connectivity index (χ4n) is 2.91. The van der Waals surface area contributed by atoms with E-state index in [0.29, 0.717) is 18.0 Å². The Bertz CT molecular complexity index is 541. The molecule has 2 aromatic rings. The molecule has 2 unspecified atom stereocenters. The maximum Gasteiger partial charge on any atom is 0.213 e. The summed E-state index contributed by atoms with van der Waals surface area (Å²) in [7, 11) is 1.64. The standard InChI is InChI=1S/C15H20N4O/c1-20-15-7-2-4-12(18-15)10-17-13-5-3-6-14(13)19-9-8-16-11-19/h2,4,7-9,11,13-14,17H,3,5-6,10H2,1H3. The summed E-state index contributed by atoms with van der Waals surface area (Å²) in [4.78, 5) is 8.58. The minimum atomic E-state index is 0.484. The molecule has 1 aliphatic carbocycles. The Hall–Kier alpha value is -1.88. The van der Waals surface area contributed by atoms with Crippen LogP contribution in [0.3, 0.4) is 0 Å². The number of ether oxygens (including phenoxy) is 1. The van der Waals surface area contributed by atoms with Gasteiger partial charge in [0, 0.05) is 37.1 Å². The lowest BCUT2D eigenvalue weighted by atomic mass is 10.1. The van der Waals surface area contributed by atoms with Crippen LogP contribution in [0.15, 0.2) is 36.9 Å². The van der Waals surface area contributed by atoms with Gasteiger partial charge in [-0.25, -0.2) is 9.97 Å². The lowest BCUT2D eigenvalue weighted by Gasteiger charge is -2.22. The average Bonchev–Trinajstić information content (AvgIpc) is 3.16. The van der Waals surface area contributed by atoms with Crippen LogP contribution in [0.1, 0.15) is 31.0 Å². The normalized spacial score (nSPS) is 22.1. The van der Waals surface area contributed by atoms with Crippen molar-refractivity contribution in [3.05, 3.63) is 42.6 Å². The molecule has 0 saturated heterocycles. The van der Waals surface area contributed by atoms with Crippen LogP contribution >= 0.6 is 0 Å². The second-order valence-electron chi connectivity index (χ2n) is 5.17. The summed E-state index contributed by atoms with van der Waals surface area (Å²) in [5, 5.41) is 3.62. The summed E-state index contributed by atoms with van der Waals surface area (Å²) in [6.45, 7) is 0.771. The lowest BCUT2D eigenvalue weighted by molar-refractivity contribution is 0.381. The fourth-order valence-corrected chi connectivity index (χ4v) is 2.91. The number of hydrogen-bond acceptors (Lipinski definition) is 4. The number of pyridine rings is 1. The molecule has 0 aromatic carbocycles. The maximum absolute atomic E-state index is 5.16. The maximum atomic E-state index is 5.16. The largest absolute Gasteiger partial charge is 0.481 e. The van der Waals surface area contributed by atoms with Crippen molar-refractivity contribution < 1.29 is 4.74 Å². The number of nitrogens with zero attached hydrogens (tertiary/aromatic N) is 3. The molecular formula is C15H20N4O. The van der Waals surface area contributed by atoms with Gasteiger partial charge >= 0.3 is 0 Å². The van der Waals surface area contributed by atoms with Gasteiger partial charge < -0.3 is 14.6 Å². The molecule has 1 N–H and O–H groups in total. The highest BCUT2D eigenvalue weighted by Crippen LogP contribution is 2.30. The molecule has 3 rings (SSSR count). The quantitative estimate of drug-likeness (QED) is 0.906. The third-order valence-corrected chi connectivity index (χ3v) is 3.92. The molecule has 2 heterocycles. The third kappa shape index (κ3) is 2.82. The van der Waals surface area contributed by atoms with Gasteiger partial charge in [-0.1, -0.05) is 6.07 Å². The van der Waals surface area contributed by atoms with E-state index in [0.717, 1.165) is 12.2 Å².